The Labute approximate surface area is 130 Å². The summed E-state index contributed by atoms with van der Waals surface area (Å²) in [6, 6.07) is 29.3. The Balaban J connectivity index is 2.03. The zero-order valence-electron chi connectivity index (χ0n) is 12.1. The van der Waals surface area contributed by atoms with Gasteiger partial charge in [0.2, 0.25) is 0 Å². The maximum absolute atomic E-state index is 3.40. The summed E-state index contributed by atoms with van der Waals surface area (Å²) in [6.07, 6.45) is 0. The van der Waals surface area contributed by atoms with Crippen molar-refractivity contribution in [1.29, 1.82) is 0 Å². The van der Waals surface area contributed by atoms with E-state index in [4.69, 9.17) is 0 Å². The molecule has 0 aliphatic rings. The molecule has 0 heteroatoms. The second-order valence-electron chi connectivity index (χ2n) is 5.31. The van der Waals surface area contributed by atoms with Crippen molar-refractivity contribution >= 4 is 21.5 Å². The number of fused-ring (bicyclic) bond motifs is 2. The number of benzene rings is 4. The molecule has 0 saturated heterocycles. The molecular weight excluding hydrogens is 264 g/mol. The first-order chi connectivity index (χ1) is 10.9. The topological polar surface area (TPSA) is 0 Å². The Morgan fingerprint density at radius 1 is 0.500 bits per heavy atom. The van der Waals surface area contributed by atoms with Crippen LogP contribution in [0.25, 0.3) is 21.5 Å². The molecule has 4 aromatic carbocycles. The van der Waals surface area contributed by atoms with Gasteiger partial charge in [-0.15, -0.1) is 0 Å². The van der Waals surface area contributed by atoms with Gasteiger partial charge >= 0.3 is 0 Å². The molecular formula is C22H14. The fourth-order valence-corrected chi connectivity index (χ4v) is 2.80. The van der Waals surface area contributed by atoms with Gasteiger partial charge in [-0.05, 0) is 39.7 Å². The second-order valence-corrected chi connectivity index (χ2v) is 5.31. The SMILES string of the molecule is C(#Cc1c2ccccc2cc2ccccc12)c1ccccc1. The van der Waals surface area contributed by atoms with Gasteiger partial charge in [0.05, 0.1) is 0 Å². The van der Waals surface area contributed by atoms with Gasteiger partial charge in [-0.25, -0.2) is 0 Å². The minimum atomic E-state index is 1.04. The van der Waals surface area contributed by atoms with Crippen LogP contribution in [0.3, 0.4) is 0 Å². The van der Waals surface area contributed by atoms with Crippen LogP contribution in [-0.2, 0) is 0 Å². The van der Waals surface area contributed by atoms with E-state index in [1.807, 2.05) is 30.3 Å². The lowest BCUT2D eigenvalue weighted by atomic mass is 9.97. The van der Waals surface area contributed by atoms with Crippen LogP contribution in [0.5, 0.6) is 0 Å². The predicted octanol–water partition coefficient (Wildman–Crippen LogP) is 5.39. The average Bonchev–Trinajstić information content (AvgIpc) is 2.59. The van der Waals surface area contributed by atoms with E-state index >= 15 is 0 Å². The lowest BCUT2D eigenvalue weighted by molar-refractivity contribution is 1.65. The summed E-state index contributed by atoms with van der Waals surface area (Å²) in [5, 5.41) is 4.89. The van der Waals surface area contributed by atoms with Gasteiger partial charge in [-0.3, -0.25) is 0 Å². The zero-order valence-corrected chi connectivity index (χ0v) is 12.1. The van der Waals surface area contributed by atoms with Crippen molar-refractivity contribution < 1.29 is 0 Å². The maximum Gasteiger partial charge on any atom is 0.0405 e. The number of hydrogen-bond acceptors (Lipinski definition) is 0. The Hall–Kier alpha value is -3.04. The van der Waals surface area contributed by atoms with E-state index in [1.54, 1.807) is 0 Å². The molecule has 0 saturated carbocycles. The molecule has 0 N–H and O–H groups in total. The van der Waals surface area contributed by atoms with Crippen LogP contribution in [0.4, 0.5) is 0 Å². The molecule has 4 rings (SSSR count). The Morgan fingerprint density at radius 3 is 1.68 bits per heavy atom. The van der Waals surface area contributed by atoms with E-state index < -0.39 is 0 Å². The smallest absolute Gasteiger partial charge is 0.0405 e. The summed E-state index contributed by atoms with van der Waals surface area (Å²) in [5.41, 5.74) is 2.15. The molecule has 0 nitrogen and oxygen atoms in total. The molecule has 0 aromatic heterocycles. The summed E-state index contributed by atoms with van der Waals surface area (Å²) in [5.74, 6) is 6.69. The first kappa shape index (κ1) is 12.7. The third-order valence-corrected chi connectivity index (χ3v) is 3.88. The van der Waals surface area contributed by atoms with E-state index in [-0.39, 0.29) is 0 Å². The lowest BCUT2D eigenvalue weighted by Gasteiger charge is -2.06. The molecule has 4 aromatic rings. The van der Waals surface area contributed by atoms with Crippen molar-refractivity contribution in [2.45, 2.75) is 0 Å². The van der Waals surface area contributed by atoms with Crippen LogP contribution in [0, 0.1) is 11.8 Å². The highest BCUT2D eigenvalue weighted by Gasteiger charge is 2.04. The van der Waals surface area contributed by atoms with E-state index in [2.05, 4.69) is 66.4 Å². The van der Waals surface area contributed by atoms with Crippen LogP contribution < -0.4 is 0 Å². The molecule has 0 bridgehead atoms. The van der Waals surface area contributed by atoms with Crippen LogP contribution in [0.2, 0.25) is 0 Å². The minimum absolute atomic E-state index is 1.04. The van der Waals surface area contributed by atoms with Crippen molar-refractivity contribution in [3.63, 3.8) is 0 Å². The molecule has 0 radical (unpaired) electrons. The highest BCUT2D eigenvalue weighted by atomic mass is 14.1. The first-order valence-corrected chi connectivity index (χ1v) is 7.39. The van der Waals surface area contributed by atoms with E-state index in [0.717, 1.165) is 11.1 Å². The van der Waals surface area contributed by atoms with Gasteiger partial charge in [0.25, 0.3) is 0 Å². The van der Waals surface area contributed by atoms with E-state index in [1.165, 1.54) is 21.5 Å². The quantitative estimate of drug-likeness (QED) is 0.299. The summed E-state index contributed by atoms with van der Waals surface area (Å²) in [4.78, 5) is 0. The Kier molecular flexibility index (Phi) is 3.11. The van der Waals surface area contributed by atoms with Crippen molar-refractivity contribution in [2.75, 3.05) is 0 Å². The lowest BCUT2D eigenvalue weighted by Crippen LogP contribution is -1.84. The van der Waals surface area contributed by atoms with E-state index in [9.17, 15) is 0 Å². The minimum Gasteiger partial charge on any atom is -0.0622 e. The maximum atomic E-state index is 3.40. The number of rotatable bonds is 0. The van der Waals surface area contributed by atoms with Crippen LogP contribution in [0.1, 0.15) is 11.1 Å². The van der Waals surface area contributed by atoms with Crippen molar-refractivity contribution in [1.82, 2.24) is 0 Å². The molecule has 0 spiro atoms. The highest BCUT2D eigenvalue weighted by Crippen LogP contribution is 2.27. The molecule has 0 heterocycles. The Morgan fingerprint density at radius 2 is 1.05 bits per heavy atom. The van der Waals surface area contributed by atoms with Gasteiger partial charge in [0.15, 0.2) is 0 Å². The molecule has 0 aliphatic heterocycles. The molecule has 0 unspecified atom stereocenters. The highest BCUT2D eigenvalue weighted by molar-refractivity contribution is 6.04. The number of hydrogen-bond donors (Lipinski definition) is 0. The molecule has 102 valence electrons. The first-order valence-electron chi connectivity index (χ1n) is 7.39. The van der Waals surface area contributed by atoms with Crippen LogP contribution in [-0.4, -0.2) is 0 Å². The van der Waals surface area contributed by atoms with Gasteiger partial charge in [0.1, 0.15) is 0 Å². The summed E-state index contributed by atoms with van der Waals surface area (Å²) in [6.45, 7) is 0. The van der Waals surface area contributed by atoms with Gasteiger partial charge in [-0.2, -0.15) is 0 Å². The van der Waals surface area contributed by atoms with Gasteiger partial charge in [-0.1, -0.05) is 78.6 Å². The standard InChI is InChI=1S/C22H14/c1-2-8-17(9-3-1)14-15-22-20-12-6-4-10-18(20)16-19-11-5-7-13-21(19)22/h1-13,16H. The van der Waals surface area contributed by atoms with Crippen molar-refractivity contribution in [3.8, 4) is 11.8 Å². The normalized spacial score (nSPS) is 10.4. The molecule has 22 heavy (non-hydrogen) atoms. The Bertz CT molecular complexity index is 961. The molecule has 0 fully saturated rings. The van der Waals surface area contributed by atoms with E-state index in [0.29, 0.717) is 0 Å². The summed E-state index contributed by atoms with van der Waals surface area (Å²) >= 11 is 0. The monoisotopic (exact) mass is 278 g/mol. The molecule has 0 atom stereocenters. The fraction of sp³-hybridized carbons (Fsp3) is 0. The third kappa shape index (κ3) is 2.24. The average molecular weight is 278 g/mol. The summed E-state index contributed by atoms with van der Waals surface area (Å²) < 4.78 is 0. The zero-order chi connectivity index (χ0) is 14.8. The van der Waals surface area contributed by atoms with Gasteiger partial charge in [0, 0.05) is 11.1 Å². The fourth-order valence-electron chi connectivity index (χ4n) is 2.80. The predicted molar refractivity (Wildman–Crippen MR) is 93.9 cm³/mol. The third-order valence-electron chi connectivity index (χ3n) is 3.88. The van der Waals surface area contributed by atoms with Gasteiger partial charge < -0.3 is 0 Å². The van der Waals surface area contributed by atoms with Crippen LogP contribution >= 0.6 is 0 Å². The van der Waals surface area contributed by atoms with Crippen LogP contribution in [0.15, 0.2) is 84.9 Å². The molecule has 0 aliphatic carbocycles. The van der Waals surface area contributed by atoms with Crippen molar-refractivity contribution in [3.05, 3.63) is 96.1 Å². The molecule has 0 amide bonds. The van der Waals surface area contributed by atoms with Crippen molar-refractivity contribution in [2.24, 2.45) is 0 Å². The largest absolute Gasteiger partial charge is 0.0622 e. The second kappa shape index (κ2) is 5.39. The summed E-state index contributed by atoms with van der Waals surface area (Å²) in [7, 11) is 0.